The summed E-state index contributed by atoms with van der Waals surface area (Å²) in [6.45, 7) is 0. The van der Waals surface area contributed by atoms with E-state index in [0.717, 1.165) is 0 Å². The van der Waals surface area contributed by atoms with Crippen molar-refractivity contribution in [3.63, 3.8) is 0 Å². The summed E-state index contributed by atoms with van der Waals surface area (Å²) in [7, 11) is -4.67. The topological polar surface area (TPSA) is 353 Å². The first-order chi connectivity index (χ1) is 3.73. The minimum Gasteiger partial charge on any atom is -0.412 e. The van der Waals surface area contributed by atoms with Crippen LogP contribution in [0.4, 0.5) is 0 Å². The molecule has 16 heteroatoms. The third kappa shape index (κ3) is 18900. The van der Waals surface area contributed by atoms with Crippen LogP contribution < -0.4 is 0 Å². The van der Waals surface area contributed by atoms with Crippen molar-refractivity contribution in [1.82, 2.24) is 0 Å². The molecular formula is H18O14S2. The van der Waals surface area contributed by atoms with Crippen LogP contribution in [0.25, 0.3) is 0 Å². The number of hydrogen-bond acceptors (Lipinski definition) is 3. The molecule has 0 amide bonds. The second-order valence-electron chi connectivity index (χ2n) is 0.679. The summed E-state index contributed by atoms with van der Waals surface area (Å²) in [6.07, 6.45) is 0. The van der Waals surface area contributed by atoms with Crippen LogP contribution in [0, 0.1) is 0 Å². The van der Waals surface area contributed by atoms with E-state index in [9.17, 15) is 0 Å². The van der Waals surface area contributed by atoms with Crippen molar-refractivity contribution in [2.24, 2.45) is 0 Å². The molecule has 0 bridgehead atoms. The Hall–Kier alpha value is -0.340. The molecule has 0 aromatic carbocycles. The Bertz CT molecular complexity index is 151. The standard InChI is InChI=1S/H2O4S.H2O3S.7H2O/c1-5(2,3)4;1-4(2)3;;;;;;;/h(H2,1,2,3,4);(H2,1,2,3);7*1H2. The maximum absolute atomic E-state index is 8.74. The Morgan fingerprint density at radius 2 is 0.688 bits per heavy atom. The lowest BCUT2D eigenvalue weighted by Gasteiger charge is -1.68. The van der Waals surface area contributed by atoms with Crippen LogP contribution in [0.1, 0.15) is 0 Å². The van der Waals surface area contributed by atoms with E-state index in [4.69, 9.17) is 30.8 Å². The fourth-order valence-corrected chi connectivity index (χ4v) is 0. The van der Waals surface area contributed by atoms with E-state index in [-0.39, 0.29) is 38.3 Å². The van der Waals surface area contributed by atoms with Gasteiger partial charge < -0.3 is 38.3 Å². The van der Waals surface area contributed by atoms with E-state index >= 15 is 0 Å². The van der Waals surface area contributed by atoms with Crippen LogP contribution in [0.15, 0.2) is 0 Å². The first-order valence-electron chi connectivity index (χ1n) is 1.23. The van der Waals surface area contributed by atoms with Gasteiger partial charge in [0, 0.05) is 0 Å². The van der Waals surface area contributed by atoms with Gasteiger partial charge in [-0.2, -0.15) is 12.6 Å². The molecule has 0 fully saturated rings. The van der Waals surface area contributed by atoms with Gasteiger partial charge in [0.2, 0.25) is 0 Å². The Kier molecular flexibility index (Phi) is 173. The van der Waals surface area contributed by atoms with Crippen LogP contribution >= 0.6 is 0 Å². The number of rotatable bonds is 0. The molecule has 0 aromatic rings. The average Bonchev–Trinajstić information content (AvgIpc) is 1.19. The van der Waals surface area contributed by atoms with Crippen LogP contribution in [0.2, 0.25) is 0 Å². The lowest BCUT2D eigenvalue weighted by atomic mass is 15.8. The first-order valence-corrected chi connectivity index (χ1v) is 3.69. The second kappa shape index (κ2) is 36.5. The summed E-state index contributed by atoms with van der Waals surface area (Å²) in [5.41, 5.74) is 0. The van der Waals surface area contributed by atoms with Gasteiger partial charge in [0.1, 0.15) is 0 Å². The lowest BCUT2D eigenvalue weighted by Crippen LogP contribution is -1.89. The van der Waals surface area contributed by atoms with Gasteiger partial charge >= 0.3 is 10.4 Å². The van der Waals surface area contributed by atoms with Gasteiger partial charge in [-0.25, -0.2) is 0 Å². The predicted molar refractivity (Wildman–Crippen MR) is 52.9 cm³/mol. The molecule has 0 rings (SSSR count). The van der Waals surface area contributed by atoms with Gasteiger partial charge in [-0.3, -0.25) is 18.2 Å². The molecule has 114 valence electrons. The largest absolute Gasteiger partial charge is 0.412 e. The maximum Gasteiger partial charge on any atom is 0.394 e. The third-order valence-electron chi connectivity index (χ3n) is 0. The molecule has 0 aliphatic rings. The smallest absolute Gasteiger partial charge is 0.394 e. The van der Waals surface area contributed by atoms with E-state index in [1.807, 2.05) is 0 Å². The van der Waals surface area contributed by atoms with E-state index in [1.165, 1.54) is 0 Å². The molecule has 0 unspecified atom stereocenters. The highest BCUT2D eigenvalue weighted by atomic mass is 32.3. The SMILES string of the molecule is O.O.O.O.O.O.O.O=S(=O)(O)O.O=S(O)O. The first kappa shape index (κ1) is 75.9. The molecule has 16 heavy (non-hydrogen) atoms. The molecule has 0 aliphatic carbocycles. The zero-order chi connectivity index (χ0) is 8.08. The van der Waals surface area contributed by atoms with Gasteiger partial charge in [0.25, 0.3) is 11.4 Å². The molecule has 0 saturated carbocycles. The quantitative estimate of drug-likeness (QED) is 0.247. The predicted octanol–water partition coefficient (Wildman–Crippen LogP) is -6.74. The summed E-state index contributed by atoms with van der Waals surface area (Å²) in [5.74, 6) is 0. The molecule has 0 saturated heterocycles. The van der Waals surface area contributed by atoms with Crippen LogP contribution in [-0.4, -0.2) is 69.2 Å². The van der Waals surface area contributed by atoms with Crippen molar-refractivity contribution in [2.75, 3.05) is 0 Å². The maximum atomic E-state index is 8.74. The van der Waals surface area contributed by atoms with Crippen LogP contribution in [-0.2, 0) is 21.8 Å². The monoisotopic (exact) mass is 306 g/mol. The highest BCUT2D eigenvalue weighted by molar-refractivity contribution is 7.79. The van der Waals surface area contributed by atoms with E-state index in [2.05, 4.69) is 0 Å². The zero-order valence-electron chi connectivity index (χ0n) is 7.33. The summed E-state index contributed by atoms with van der Waals surface area (Å²) in [5, 5.41) is 0. The van der Waals surface area contributed by atoms with Crippen molar-refractivity contribution in [3.05, 3.63) is 0 Å². The molecular weight excluding hydrogens is 288 g/mol. The van der Waals surface area contributed by atoms with Gasteiger partial charge in [-0.05, 0) is 0 Å². The van der Waals surface area contributed by atoms with Gasteiger partial charge in [0.05, 0.1) is 0 Å². The van der Waals surface area contributed by atoms with Crippen molar-refractivity contribution in [1.29, 1.82) is 0 Å². The van der Waals surface area contributed by atoms with Crippen molar-refractivity contribution in [2.45, 2.75) is 0 Å². The van der Waals surface area contributed by atoms with Gasteiger partial charge in [-0.15, -0.1) is 0 Å². The lowest BCUT2D eigenvalue weighted by molar-refractivity contribution is 0.380. The molecule has 0 heterocycles. The Morgan fingerprint density at radius 1 is 0.688 bits per heavy atom. The summed E-state index contributed by atoms with van der Waals surface area (Å²) in [6, 6.07) is 0. The summed E-state index contributed by atoms with van der Waals surface area (Å²) >= 11 is -2.61. The van der Waals surface area contributed by atoms with Crippen LogP contribution in [0.3, 0.4) is 0 Å². The fourth-order valence-electron chi connectivity index (χ4n) is 0. The molecule has 0 aromatic heterocycles. The highest BCUT2D eigenvalue weighted by Gasteiger charge is 1.84. The minimum atomic E-state index is -4.67. The molecule has 0 spiro atoms. The average molecular weight is 306 g/mol. The van der Waals surface area contributed by atoms with E-state index in [0.29, 0.717) is 0 Å². The normalized spacial score (nSPS) is 5.81. The zero-order valence-corrected chi connectivity index (χ0v) is 8.96. The van der Waals surface area contributed by atoms with E-state index in [1.54, 1.807) is 0 Å². The Labute approximate surface area is 91.8 Å². The highest BCUT2D eigenvalue weighted by Crippen LogP contribution is 1.59. The molecule has 0 radical (unpaired) electrons. The van der Waals surface area contributed by atoms with Crippen LogP contribution in [0.5, 0.6) is 0 Å². The Balaban J connectivity index is -0.00000000614. The van der Waals surface area contributed by atoms with Gasteiger partial charge in [-0.1, -0.05) is 0 Å². The fraction of sp³-hybridized carbons (Fsp3) is 0. The summed E-state index contributed by atoms with van der Waals surface area (Å²) in [4.78, 5) is 0. The minimum absolute atomic E-state index is 0. The molecule has 0 aliphatic heterocycles. The second-order valence-corrected chi connectivity index (χ2v) is 2.04. The Morgan fingerprint density at radius 3 is 0.688 bits per heavy atom. The molecule has 14 nitrogen and oxygen atoms in total. The van der Waals surface area contributed by atoms with Crippen molar-refractivity contribution in [3.8, 4) is 0 Å². The molecule has 18 N–H and O–H groups in total. The molecule has 0 atom stereocenters. The number of hydrogen-bond donors (Lipinski definition) is 4. The van der Waals surface area contributed by atoms with Crippen molar-refractivity contribution >= 4 is 21.8 Å². The van der Waals surface area contributed by atoms with Crippen molar-refractivity contribution < 1.29 is 69.2 Å². The van der Waals surface area contributed by atoms with E-state index < -0.39 is 21.8 Å². The van der Waals surface area contributed by atoms with Gasteiger partial charge in [0.15, 0.2) is 0 Å². The summed E-state index contributed by atoms with van der Waals surface area (Å²) < 4.78 is 54.4. The third-order valence-corrected chi connectivity index (χ3v) is 0.